The fourth-order valence-electron chi connectivity index (χ4n) is 3.55. The molecule has 0 N–H and O–H groups in total. The van der Waals surface area contributed by atoms with Crippen molar-refractivity contribution in [2.45, 2.75) is 58.0 Å². The van der Waals surface area contributed by atoms with E-state index in [0.717, 1.165) is 6.42 Å². The molecular weight excluding hydrogens is 174 g/mol. The van der Waals surface area contributed by atoms with E-state index in [9.17, 15) is 4.79 Å². The van der Waals surface area contributed by atoms with Crippen molar-refractivity contribution in [1.82, 2.24) is 4.90 Å². The van der Waals surface area contributed by atoms with Crippen molar-refractivity contribution in [2.75, 3.05) is 7.05 Å². The van der Waals surface area contributed by atoms with E-state index in [-0.39, 0.29) is 6.04 Å². The van der Waals surface area contributed by atoms with E-state index in [0.29, 0.717) is 17.2 Å². The number of carbonyl (C=O) groups excluding carboxylic acids is 1. The summed E-state index contributed by atoms with van der Waals surface area (Å²) >= 11 is 0. The van der Waals surface area contributed by atoms with Crippen LogP contribution in [0.15, 0.2) is 0 Å². The molecular formula is C12H21NO. The molecule has 0 aromatic carbocycles. The van der Waals surface area contributed by atoms with E-state index >= 15 is 0 Å². The smallest absolute Gasteiger partial charge is 0.146 e. The monoisotopic (exact) mass is 195 g/mol. The first-order valence-corrected chi connectivity index (χ1v) is 5.77. The van der Waals surface area contributed by atoms with Crippen LogP contribution in [0.3, 0.4) is 0 Å². The number of rotatable bonds is 1. The van der Waals surface area contributed by atoms with E-state index < -0.39 is 0 Å². The summed E-state index contributed by atoms with van der Waals surface area (Å²) in [6, 6.07) is 0.855. The van der Waals surface area contributed by atoms with Gasteiger partial charge in [-0.2, -0.15) is 0 Å². The second-order valence-electron chi connectivity index (χ2n) is 5.41. The van der Waals surface area contributed by atoms with Gasteiger partial charge in [-0.25, -0.2) is 0 Å². The molecule has 1 saturated heterocycles. The van der Waals surface area contributed by atoms with Gasteiger partial charge in [0.1, 0.15) is 5.78 Å². The van der Waals surface area contributed by atoms with Crippen molar-refractivity contribution in [3.05, 3.63) is 0 Å². The minimum Gasteiger partial charge on any atom is -0.298 e. The first kappa shape index (κ1) is 10.2. The lowest BCUT2D eigenvalue weighted by molar-refractivity contribution is -0.121. The van der Waals surface area contributed by atoms with Gasteiger partial charge in [0.25, 0.3) is 0 Å². The molecule has 0 spiro atoms. The lowest BCUT2D eigenvalue weighted by Gasteiger charge is -2.38. The molecule has 2 nitrogen and oxygen atoms in total. The Morgan fingerprint density at radius 3 is 2.71 bits per heavy atom. The van der Waals surface area contributed by atoms with E-state index in [1.54, 1.807) is 6.92 Å². The molecule has 2 fully saturated rings. The number of ketones is 1. The highest BCUT2D eigenvalue weighted by Gasteiger charge is 2.49. The third-order valence-corrected chi connectivity index (χ3v) is 4.39. The van der Waals surface area contributed by atoms with Gasteiger partial charge in [-0.05, 0) is 38.6 Å². The summed E-state index contributed by atoms with van der Waals surface area (Å²) < 4.78 is 0. The van der Waals surface area contributed by atoms with Crippen LogP contribution in [0.2, 0.25) is 0 Å². The summed E-state index contributed by atoms with van der Waals surface area (Å²) in [6.07, 6.45) is 6.38. The van der Waals surface area contributed by atoms with Gasteiger partial charge < -0.3 is 0 Å². The Labute approximate surface area is 86.7 Å². The predicted octanol–water partition coefficient (Wildman–Crippen LogP) is 2.23. The highest BCUT2D eigenvalue weighted by Crippen LogP contribution is 2.48. The van der Waals surface area contributed by atoms with Crippen LogP contribution >= 0.6 is 0 Å². The molecule has 3 unspecified atom stereocenters. The maximum atomic E-state index is 11.5. The summed E-state index contributed by atoms with van der Waals surface area (Å²) in [5.41, 5.74) is 0.420. The second-order valence-corrected chi connectivity index (χ2v) is 5.41. The molecule has 2 rings (SSSR count). The highest BCUT2D eigenvalue weighted by atomic mass is 16.1. The molecule has 1 heterocycles. The second kappa shape index (κ2) is 3.34. The van der Waals surface area contributed by atoms with Gasteiger partial charge in [0, 0.05) is 6.04 Å². The molecule has 14 heavy (non-hydrogen) atoms. The van der Waals surface area contributed by atoms with Gasteiger partial charge >= 0.3 is 0 Å². The van der Waals surface area contributed by atoms with Gasteiger partial charge in [-0.3, -0.25) is 9.69 Å². The number of likely N-dealkylation sites (tertiary alicyclic amines) is 1. The molecule has 0 amide bonds. The van der Waals surface area contributed by atoms with Crippen LogP contribution in [0.25, 0.3) is 0 Å². The van der Waals surface area contributed by atoms with E-state index in [1.165, 1.54) is 25.7 Å². The summed E-state index contributed by atoms with van der Waals surface area (Å²) in [5, 5.41) is 0. The topological polar surface area (TPSA) is 20.3 Å². The minimum atomic E-state index is 0.197. The number of hydrogen-bond acceptors (Lipinski definition) is 2. The van der Waals surface area contributed by atoms with E-state index in [4.69, 9.17) is 0 Å². The van der Waals surface area contributed by atoms with Crippen LogP contribution in [0.4, 0.5) is 0 Å². The quantitative estimate of drug-likeness (QED) is 0.639. The summed E-state index contributed by atoms with van der Waals surface area (Å²) in [6.45, 7) is 4.11. The Balaban J connectivity index is 2.20. The number of likely N-dealkylation sites (N-methyl/N-ethyl adjacent to an activating group) is 1. The molecule has 1 aliphatic heterocycles. The highest BCUT2D eigenvalue weighted by molar-refractivity contribution is 5.82. The average Bonchev–Trinajstić information content (AvgIpc) is 2.39. The molecule has 3 atom stereocenters. The molecule has 1 saturated carbocycles. The Kier molecular flexibility index (Phi) is 2.42. The normalized spacial score (nSPS) is 43.6. The molecule has 80 valence electrons. The lowest BCUT2D eigenvalue weighted by atomic mass is 9.71. The molecule has 1 aliphatic carbocycles. The van der Waals surface area contributed by atoms with Gasteiger partial charge in [0.2, 0.25) is 0 Å². The predicted molar refractivity (Wildman–Crippen MR) is 57.2 cm³/mol. The fraction of sp³-hybridized carbons (Fsp3) is 0.917. The minimum absolute atomic E-state index is 0.197. The van der Waals surface area contributed by atoms with Crippen molar-refractivity contribution in [1.29, 1.82) is 0 Å². The van der Waals surface area contributed by atoms with Gasteiger partial charge in [0.05, 0.1) is 6.04 Å². The van der Waals surface area contributed by atoms with Crippen molar-refractivity contribution < 1.29 is 4.79 Å². The van der Waals surface area contributed by atoms with Crippen molar-refractivity contribution in [3.63, 3.8) is 0 Å². The van der Waals surface area contributed by atoms with Crippen LogP contribution in [0.5, 0.6) is 0 Å². The van der Waals surface area contributed by atoms with Crippen LogP contribution in [0.1, 0.15) is 46.0 Å². The number of fused-ring (bicyclic) bond motifs is 1. The van der Waals surface area contributed by atoms with Gasteiger partial charge in [-0.15, -0.1) is 0 Å². The lowest BCUT2D eigenvalue weighted by Crippen LogP contribution is -2.41. The van der Waals surface area contributed by atoms with Crippen molar-refractivity contribution >= 4 is 5.78 Å². The molecule has 2 heteroatoms. The third kappa shape index (κ3) is 1.40. The third-order valence-electron chi connectivity index (χ3n) is 4.39. The maximum absolute atomic E-state index is 11.5. The van der Waals surface area contributed by atoms with Crippen LogP contribution < -0.4 is 0 Å². The molecule has 2 aliphatic rings. The number of carbonyl (C=O) groups is 1. The zero-order valence-electron chi connectivity index (χ0n) is 9.55. The molecule has 0 radical (unpaired) electrons. The molecule has 0 aromatic heterocycles. The molecule has 0 aromatic rings. The summed E-state index contributed by atoms with van der Waals surface area (Å²) in [5.74, 6) is 0.350. The standard InChI is InChI=1S/C12H21NO/c1-9(14)10-8-12(2)7-5-4-6-11(12)13(10)3/h10-11H,4-8H2,1-3H3. The zero-order valence-corrected chi connectivity index (χ0v) is 9.55. The number of Topliss-reactive ketones (excluding diaryl/α,β-unsaturated/α-hetero) is 1. The SMILES string of the molecule is CC(=O)C1CC2(C)CCCCC2N1C. The fourth-order valence-corrected chi connectivity index (χ4v) is 3.55. The van der Waals surface area contributed by atoms with Crippen LogP contribution in [-0.4, -0.2) is 29.8 Å². The average molecular weight is 195 g/mol. The van der Waals surface area contributed by atoms with Gasteiger partial charge in [0.15, 0.2) is 0 Å². The molecule has 0 bridgehead atoms. The zero-order chi connectivity index (χ0) is 10.3. The Hall–Kier alpha value is -0.370. The largest absolute Gasteiger partial charge is 0.298 e. The van der Waals surface area contributed by atoms with Gasteiger partial charge in [-0.1, -0.05) is 19.8 Å². The van der Waals surface area contributed by atoms with E-state index in [2.05, 4.69) is 18.9 Å². The first-order valence-electron chi connectivity index (χ1n) is 5.77. The summed E-state index contributed by atoms with van der Waals surface area (Å²) in [7, 11) is 2.13. The van der Waals surface area contributed by atoms with Crippen LogP contribution in [0, 0.1) is 5.41 Å². The Bertz CT molecular complexity index is 251. The van der Waals surface area contributed by atoms with Crippen molar-refractivity contribution in [3.8, 4) is 0 Å². The first-order chi connectivity index (χ1) is 6.54. The van der Waals surface area contributed by atoms with E-state index in [1.807, 2.05) is 0 Å². The maximum Gasteiger partial charge on any atom is 0.146 e. The summed E-state index contributed by atoms with van der Waals surface area (Å²) in [4.78, 5) is 13.8. The number of hydrogen-bond donors (Lipinski definition) is 0. The van der Waals surface area contributed by atoms with Crippen LogP contribution in [-0.2, 0) is 4.79 Å². The Morgan fingerprint density at radius 2 is 2.14 bits per heavy atom. The number of nitrogens with zero attached hydrogens (tertiary/aromatic N) is 1. The van der Waals surface area contributed by atoms with Crippen molar-refractivity contribution in [2.24, 2.45) is 5.41 Å². The Morgan fingerprint density at radius 1 is 1.43 bits per heavy atom.